The average Bonchev–Trinajstić information content (AvgIpc) is 2.56. The molecule has 1 aliphatic heterocycles. The third-order valence-electron chi connectivity index (χ3n) is 2.15. The van der Waals surface area contributed by atoms with E-state index in [1.165, 1.54) is 10.9 Å². The summed E-state index contributed by atoms with van der Waals surface area (Å²) in [4.78, 5) is 0. The molecule has 13 heavy (non-hydrogen) atoms. The molecule has 1 aromatic heterocycles. The van der Waals surface area contributed by atoms with Crippen molar-refractivity contribution in [3.05, 3.63) is 12.4 Å². The summed E-state index contributed by atoms with van der Waals surface area (Å²) < 4.78 is 23.9. The summed E-state index contributed by atoms with van der Waals surface area (Å²) in [5.41, 5.74) is 5.68. The van der Waals surface area contributed by atoms with E-state index in [2.05, 4.69) is 10.3 Å². The highest BCUT2D eigenvalue weighted by atomic mass is 32.2. The Hall–Kier alpha value is -0.950. The Morgan fingerprint density at radius 1 is 1.46 bits per heavy atom. The molecule has 0 aliphatic carbocycles. The summed E-state index contributed by atoms with van der Waals surface area (Å²) in [6.07, 6.45) is 3.14. The number of rotatable bonds is 1. The van der Waals surface area contributed by atoms with Crippen LogP contribution in [-0.2, 0) is 9.84 Å². The monoisotopic (exact) mass is 202 g/mol. The highest BCUT2D eigenvalue weighted by Gasteiger charge is 2.36. The predicted octanol–water partition coefficient (Wildman–Crippen LogP) is -1.43. The van der Waals surface area contributed by atoms with Gasteiger partial charge in [-0.15, -0.1) is 5.10 Å². The zero-order valence-electron chi connectivity index (χ0n) is 6.87. The van der Waals surface area contributed by atoms with Crippen molar-refractivity contribution in [3.63, 3.8) is 0 Å². The lowest BCUT2D eigenvalue weighted by molar-refractivity contribution is 0.439. The molecule has 1 saturated heterocycles. The van der Waals surface area contributed by atoms with E-state index < -0.39 is 9.84 Å². The van der Waals surface area contributed by atoms with Gasteiger partial charge in [-0.2, -0.15) is 0 Å². The van der Waals surface area contributed by atoms with Crippen LogP contribution >= 0.6 is 0 Å². The van der Waals surface area contributed by atoms with Crippen molar-refractivity contribution in [1.82, 2.24) is 15.0 Å². The Morgan fingerprint density at radius 3 is 2.69 bits per heavy atom. The van der Waals surface area contributed by atoms with Crippen LogP contribution in [0.15, 0.2) is 12.4 Å². The second kappa shape index (κ2) is 2.78. The van der Waals surface area contributed by atoms with E-state index in [1.54, 1.807) is 6.20 Å². The van der Waals surface area contributed by atoms with Gasteiger partial charge in [0.25, 0.3) is 0 Å². The molecule has 0 unspecified atom stereocenters. The van der Waals surface area contributed by atoms with Gasteiger partial charge >= 0.3 is 0 Å². The zero-order chi connectivity index (χ0) is 9.47. The molecule has 1 aromatic rings. The second-order valence-electron chi connectivity index (χ2n) is 3.19. The molecular formula is C6H10N4O2S. The molecule has 0 saturated carbocycles. The maximum absolute atomic E-state index is 11.2. The first kappa shape index (κ1) is 8.64. The fourth-order valence-electron chi connectivity index (χ4n) is 1.52. The van der Waals surface area contributed by atoms with Gasteiger partial charge in [-0.1, -0.05) is 5.21 Å². The topological polar surface area (TPSA) is 90.9 Å². The van der Waals surface area contributed by atoms with Crippen LogP contribution in [0.3, 0.4) is 0 Å². The van der Waals surface area contributed by atoms with Crippen molar-refractivity contribution < 1.29 is 8.42 Å². The molecule has 2 N–H and O–H groups in total. The van der Waals surface area contributed by atoms with Gasteiger partial charge in [0.15, 0.2) is 9.84 Å². The maximum Gasteiger partial charge on any atom is 0.154 e. The van der Waals surface area contributed by atoms with E-state index in [-0.39, 0.29) is 23.6 Å². The van der Waals surface area contributed by atoms with Crippen LogP contribution in [0.2, 0.25) is 0 Å². The Morgan fingerprint density at radius 2 is 2.23 bits per heavy atom. The molecule has 0 spiro atoms. The first-order valence-corrected chi connectivity index (χ1v) is 5.72. The summed E-state index contributed by atoms with van der Waals surface area (Å²) in [5, 5.41) is 7.35. The van der Waals surface area contributed by atoms with Crippen molar-refractivity contribution in [1.29, 1.82) is 0 Å². The molecule has 1 fully saturated rings. The van der Waals surface area contributed by atoms with Crippen molar-refractivity contribution >= 4 is 9.84 Å². The van der Waals surface area contributed by atoms with Gasteiger partial charge in [0.2, 0.25) is 0 Å². The van der Waals surface area contributed by atoms with E-state index in [9.17, 15) is 8.42 Å². The molecule has 0 aromatic carbocycles. The van der Waals surface area contributed by atoms with Crippen LogP contribution < -0.4 is 5.73 Å². The minimum atomic E-state index is -2.98. The minimum Gasteiger partial charge on any atom is -0.325 e. The van der Waals surface area contributed by atoms with Crippen LogP contribution in [0.25, 0.3) is 0 Å². The molecule has 7 heteroatoms. The number of nitrogens with two attached hydrogens (primary N) is 1. The normalized spacial score (nSPS) is 32.1. The van der Waals surface area contributed by atoms with Gasteiger partial charge in [-0.3, -0.25) is 0 Å². The van der Waals surface area contributed by atoms with Crippen LogP contribution in [0.1, 0.15) is 6.04 Å². The molecule has 0 radical (unpaired) electrons. The van der Waals surface area contributed by atoms with Crippen molar-refractivity contribution in [2.45, 2.75) is 12.1 Å². The summed E-state index contributed by atoms with van der Waals surface area (Å²) in [6, 6.07) is -0.626. The van der Waals surface area contributed by atoms with E-state index in [0.29, 0.717) is 0 Å². The first-order chi connectivity index (χ1) is 6.08. The van der Waals surface area contributed by atoms with Gasteiger partial charge in [0, 0.05) is 12.2 Å². The van der Waals surface area contributed by atoms with Crippen LogP contribution in [-0.4, -0.2) is 41.0 Å². The summed E-state index contributed by atoms with van der Waals surface area (Å²) in [6.45, 7) is 0. The lowest BCUT2D eigenvalue weighted by atomic mass is 10.2. The molecule has 6 nitrogen and oxygen atoms in total. The van der Waals surface area contributed by atoms with Crippen LogP contribution in [0, 0.1) is 0 Å². The van der Waals surface area contributed by atoms with E-state index in [0.717, 1.165) is 0 Å². The Labute approximate surface area is 75.6 Å². The molecular weight excluding hydrogens is 192 g/mol. The lowest BCUT2D eigenvalue weighted by Gasteiger charge is -2.12. The van der Waals surface area contributed by atoms with E-state index >= 15 is 0 Å². The number of sulfone groups is 1. The van der Waals surface area contributed by atoms with E-state index in [4.69, 9.17) is 5.73 Å². The number of hydrogen-bond acceptors (Lipinski definition) is 5. The first-order valence-electron chi connectivity index (χ1n) is 3.90. The highest BCUT2D eigenvalue weighted by molar-refractivity contribution is 7.91. The maximum atomic E-state index is 11.2. The van der Waals surface area contributed by atoms with Gasteiger partial charge in [-0.25, -0.2) is 13.1 Å². The molecule has 72 valence electrons. The van der Waals surface area contributed by atoms with Crippen LogP contribution in [0.5, 0.6) is 0 Å². The SMILES string of the molecule is N[C@@H]1CS(=O)(=O)C[C@@H]1n1ccnn1. The van der Waals surface area contributed by atoms with E-state index in [1.807, 2.05) is 0 Å². The number of aromatic nitrogens is 3. The smallest absolute Gasteiger partial charge is 0.154 e. The quantitative estimate of drug-likeness (QED) is 0.603. The van der Waals surface area contributed by atoms with Gasteiger partial charge < -0.3 is 5.73 Å². The molecule has 2 rings (SSSR count). The Kier molecular flexibility index (Phi) is 1.85. The van der Waals surface area contributed by atoms with Gasteiger partial charge in [-0.05, 0) is 0 Å². The number of nitrogens with zero attached hydrogens (tertiary/aromatic N) is 3. The third-order valence-corrected chi connectivity index (χ3v) is 3.89. The fourth-order valence-corrected chi connectivity index (χ4v) is 3.39. The zero-order valence-corrected chi connectivity index (χ0v) is 7.68. The standard InChI is InChI=1S/C6H10N4O2S/c7-5-3-13(11,12)4-6(5)10-2-1-8-9-10/h1-2,5-6H,3-4,7H2/t5-,6+/m1/s1. The Balaban J connectivity index is 2.28. The summed E-state index contributed by atoms with van der Waals surface area (Å²) in [7, 11) is -2.98. The molecule has 2 heterocycles. The van der Waals surface area contributed by atoms with Crippen LogP contribution in [0.4, 0.5) is 0 Å². The summed E-state index contributed by atoms with van der Waals surface area (Å²) in [5.74, 6) is 0.106. The average molecular weight is 202 g/mol. The molecule has 0 amide bonds. The summed E-state index contributed by atoms with van der Waals surface area (Å²) >= 11 is 0. The lowest BCUT2D eigenvalue weighted by Crippen LogP contribution is -2.31. The second-order valence-corrected chi connectivity index (χ2v) is 5.34. The largest absolute Gasteiger partial charge is 0.325 e. The molecule has 2 atom stereocenters. The van der Waals surface area contributed by atoms with Gasteiger partial charge in [0.1, 0.15) is 0 Å². The number of hydrogen-bond donors (Lipinski definition) is 1. The molecule has 1 aliphatic rings. The van der Waals surface area contributed by atoms with Crippen molar-refractivity contribution in [3.8, 4) is 0 Å². The molecule has 0 bridgehead atoms. The third kappa shape index (κ3) is 1.56. The van der Waals surface area contributed by atoms with Crippen molar-refractivity contribution in [2.75, 3.05) is 11.5 Å². The van der Waals surface area contributed by atoms with Gasteiger partial charge in [0.05, 0.1) is 23.7 Å². The fraction of sp³-hybridized carbons (Fsp3) is 0.667. The predicted molar refractivity (Wildman–Crippen MR) is 45.7 cm³/mol. The minimum absolute atomic E-state index is 0.0392. The Bertz CT molecular complexity index is 385. The van der Waals surface area contributed by atoms with Crippen molar-refractivity contribution in [2.24, 2.45) is 5.73 Å². The highest BCUT2D eigenvalue weighted by Crippen LogP contribution is 2.21.